The summed E-state index contributed by atoms with van der Waals surface area (Å²) in [6, 6.07) is 8.25. The number of halogens is 3. The predicted molar refractivity (Wildman–Crippen MR) is 92.0 cm³/mol. The summed E-state index contributed by atoms with van der Waals surface area (Å²) >= 11 is 1.41. The average molecular weight is 452 g/mol. The van der Waals surface area contributed by atoms with E-state index >= 15 is 0 Å². The minimum Gasteiger partial charge on any atom is -0.379 e. The van der Waals surface area contributed by atoms with E-state index < -0.39 is 30.2 Å². The van der Waals surface area contributed by atoms with Crippen LogP contribution in [0.5, 0.6) is 5.75 Å². The van der Waals surface area contributed by atoms with Crippen LogP contribution in [-0.4, -0.2) is 8.42 Å². The van der Waals surface area contributed by atoms with E-state index in [0.717, 1.165) is 17.7 Å². The molecule has 0 N–H and O–H groups in total. The normalized spacial score (nSPS) is 12.3. The van der Waals surface area contributed by atoms with Crippen LogP contribution in [0.1, 0.15) is 26.3 Å². The van der Waals surface area contributed by atoms with Crippen molar-refractivity contribution in [1.82, 2.24) is 0 Å². The van der Waals surface area contributed by atoms with Crippen molar-refractivity contribution in [2.75, 3.05) is 0 Å². The highest BCUT2D eigenvalue weighted by Gasteiger charge is 2.25. The van der Waals surface area contributed by atoms with Crippen molar-refractivity contribution in [1.29, 1.82) is 0 Å². The lowest BCUT2D eigenvalue weighted by Gasteiger charge is -2.19. The molecule has 0 unspecified atom stereocenters. The Kier molecular flexibility index (Phi) is 5.00. The van der Waals surface area contributed by atoms with E-state index in [1.165, 1.54) is 34.7 Å². The lowest BCUT2D eigenvalue weighted by atomic mass is 9.87. The van der Waals surface area contributed by atoms with Crippen LogP contribution in [0.15, 0.2) is 41.3 Å². The molecule has 0 aliphatic heterocycles. The van der Waals surface area contributed by atoms with Gasteiger partial charge < -0.3 is 4.18 Å². The number of hydrogen-bond donors (Lipinski definition) is 0. The van der Waals surface area contributed by atoms with E-state index in [2.05, 4.69) is 0 Å². The Balaban J connectivity index is 2.34. The molecule has 0 radical (unpaired) electrons. The maximum absolute atomic E-state index is 14.0. The van der Waals surface area contributed by atoms with Crippen molar-refractivity contribution in [3.05, 3.63) is 57.2 Å². The second-order valence-corrected chi connectivity index (χ2v) is 8.58. The Morgan fingerprint density at radius 3 is 2.09 bits per heavy atom. The first kappa shape index (κ1) is 18.1. The Bertz CT molecular complexity index is 826. The molecule has 0 saturated carbocycles. The molecule has 0 saturated heterocycles. The Labute approximate surface area is 147 Å². The summed E-state index contributed by atoms with van der Waals surface area (Å²) in [6.45, 7) is 6.07. The molecule has 0 heterocycles. The maximum Gasteiger partial charge on any atom is 0.342 e. The number of hydrogen-bond acceptors (Lipinski definition) is 3. The van der Waals surface area contributed by atoms with Gasteiger partial charge in [-0.05, 0) is 57.8 Å². The fourth-order valence-corrected chi connectivity index (χ4v) is 3.55. The summed E-state index contributed by atoms with van der Waals surface area (Å²) in [4.78, 5) is -0.691. The van der Waals surface area contributed by atoms with Crippen LogP contribution in [-0.2, 0) is 15.5 Å². The third-order valence-electron chi connectivity index (χ3n) is 3.20. The highest BCUT2D eigenvalue weighted by Crippen LogP contribution is 2.28. The fraction of sp³-hybridized carbons (Fsp3) is 0.250. The number of rotatable bonds is 3. The largest absolute Gasteiger partial charge is 0.379 e. The SMILES string of the molecule is CC(C)(C)c1ccc(OS(=O)(=O)c2ccc(F)c(I)c2F)cc1. The van der Waals surface area contributed by atoms with Gasteiger partial charge in [0.15, 0.2) is 5.82 Å². The van der Waals surface area contributed by atoms with E-state index in [4.69, 9.17) is 4.18 Å². The van der Waals surface area contributed by atoms with Crippen LogP contribution in [0.4, 0.5) is 8.78 Å². The Morgan fingerprint density at radius 1 is 1.00 bits per heavy atom. The zero-order valence-corrected chi connectivity index (χ0v) is 15.7. The molecule has 3 nitrogen and oxygen atoms in total. The van der Waals surface area contributed by atoms with Crippen LogP contribution in [0.25, 0.3) is 0 Å². The quantitative estimate of drug-likeness (QED) is 0.388. The van der Waals surface area contributed by atoms with Gasteiger partial charge >= 0.3 is 10.1 Å². The van der Waals surface area contributed by atoms with Crippen molar-refractivity contribution < 1.29 is 21.4 Å². The summed E-state index contributed by atoms with van der Waals surface area (Å²) in [6.07, 6.45) is 0. The molecule has 7 heteroatoms. The molecule has 2 aromatic carbocycles. The number of benzene rings is 2. The third-order valence-corrected chi connectivity index (χ3v) is 5.45. The predicted octanol–water partition coefficient (Wildman–Crippen LogP) is 4.63. The van der Waals surface area contributed by atoms with Crippen molar-refractivity contribution in [2.45, 2.75) is 31.1 Å². The molecule has 0 bridgehead atoms. The van der Waals surface area contributed by atoms with Crippen LogP contribution in [0, 0.1) is 15.2 Å². The van der Waals surface area contributed by atoms with E-state index in [0.29, 0.717) is 0 Å². The molecule has 0 aliphatic carbocycles. The molecule has 0 atom stereocenters. The minimum atomic E-state index is -4.38. The van der Waals surface area contributed by atoms with Gasteiger partial charge in [-0.3, -0.25) is 0 Å². The highest BCUT2D eigenvalue weighted by molar-refractivity contribution is 14.1. The van der Waals surface area contributed by atoms with Crippen LogP contribution in [0.3, 0.4) is 0 Å². The molecule has 0 aromatic heterocycles. The summed E-state index contributed by atoms with van der Waals surface area (Å²) < 4.78 is 56.1. The first-order chi connectivity index (χ1) is 10.5. The zero-order valence-electron chi connectivity index (χ0n) is 12.7. The van der Waals surface area contributed by atoms with Gasteiger partial charge in [-0.15, -0.1) is 0 Å². The first-order valence-electron chi connectivity index (χ1n) is 6.71. The molecule has 0 amide bonds. The topological polar surface area (TPSA) is 43.4 Å². The Hall–Kier alpha value is -1.22. The van der Waals surface area contributed by atoms with Gasteiger partial charge in [0.05, 0.1) is 3.57 Å². The van der Waals surface area contributed by atoms with Crippen LogP contribution >= 0.6 is 22.6 Å². The lowest BCUT2D eigenvalue weighted by Crippen LogP contribution is -2.14. The second kappa shape index (κ2) is 6.35. The van der Waals surface area contributed by atoms with Gasteiger partial charge in [0.1, 0.15) is 16.5 Å². The minimum absolute atomic E-state index is 0.0664. The van der Waals surface area contributed by atoms with Crippen molar-refractivity contribution in [3.63, 3.8) is 0 Å². The van der Waals surface area contributed by atoms with Gasteiger partial charge in [-0.25, -0.2) is 8.78 Å². The standard InChI is InChI=1S/C16H15F2IO3S/c1-16(2,3)10-4-6-11(7-5-10)22-23(20,21)13-9-8-12(17)15(19)14(13)18/h4-9H,1-3H3. The summed E-state index contributed by atoms with van der Waals surface area (Å²) in [5, 5.41) is 0. The summed E-state index contributed by atoms with van der Waals surface area (Å²) in [5.41, 5.74) is 0.918. The molecule has 2 aromatic rings. The van der Waals surface area contributed by atoms with E-state index in [1.807, 2.05) is 20.8 Å². The summed E-state index contributed by atoms with van der Waals surface area (Å²) in [7, 11) is -4.38. The zero-order chi connectivity index (χ0) is 17.4. The highest BCUT2D eigenvalue weighted by atomic mass is 127. The fourth-order valence-electron chi connectivity index (χ4n) is 1.88. The average Bonchev–Trinajstić information content (AvgIpc) is 2.43. The molecule has 2 rings (SSSR count). The first-order valence-corrected chi connectivity index (χ1v) is 9.19. The van der Waals surface area contributed by atoms with Gasteiger partial charge in [0.2, 0.25) is 0 Å². The van der Waals surface area contributed by atoms with Gasteiger partial charge in [0.25, 0.3) is 0 Å². The molecule has 0 spiro atoms. The molecule has 124 valence electrons. The smallest absolute Gasteiger partial charge is 0.342 e. The third kappa shape index (κ3) is 4.00. The van der Waals surface area contributed by atoms with Gasteiger partial charge in [-0.1, -0.05) is 32.9 Å². The van der Waals surface area contributed by atoms with Crippen molar-refractivity contribution in [2.24, 2.45) is 0 Å². The van der Waals surface area contributed by atoms with Crippen LogP contribution in [0.2, 0.25) is 0 Å². The lowest BCUT2D eigenvalue weighted by molar-refractivity contribution is 0.472. The van der Waals surface area contributed by atoms with Crippen molar-refractivity contribution >= 4 is 32.7 Å². The molecule has 0 aliphatic rings. The van der Waals surface area contributed by atoms with E-state index in [9.17, 15) is 17.2 Å². The van der Waals surface area contributed by atoms with E-state index in [-0.39, 0.29) is 11.2 Å². The van der Waals surface area contributed by atoms with Crippen molar-refractivity contribution in [3.8, 4) is 5.75 Å². The van der Waals surface area contributed by atoms with Gasteiger partial charge in [0, 0.05) is 0 Å². The van der Waals surface area contributed by atoms with Crippen LogP contribution < -0.4 is 4.18 Å². The molecular weight excluding hydrogens is 437 g/mol. The monoisotopic (exact) mass is 452 g/mol. The van der Waals surface area contributed by atoms with E-state index in [1.54, 1.807) is 12.1 Å². The second-order valence-electron chi connectivity index (χ2n) is 5.99. The molecule has 0 fully saturated rings. The molecular formula is C16H15F2IO3S. The maximum atomic E-state index is 14.0. The Morgan fingerprint density at radius 2 is 1.57 bits per heavy atom. The van der Waals surface area contributed by atoms with Gasteiger partial charge in [-0.2, -0.15) is 8.42 Å². The molecule has 23 heavy (non-hydrogen) atoms. The summed E-state index contributed by atoms with van der Waals surface area (Å²) in [5.74, 6) is -1.91.